The quantitative estimate of drug-likeness (QED) is 0.232. The number of amides is 2. The van der Waals surface area contributed by atoms with Gasteiger partial charge in [-0.05, 0) is 99.4 Å². The molecule has 0 atom stereocenters. The van der Waals surface area contributed by atoms with E-state index in [-0.39, 0.29) is 30.0 Å². The third-order valence-corrected chi connectivity index (χ3v) is 9.49. The summed E-state index contributed by atoms with van der Waals surface area (Å²) in [6, 6.07) is 10.4. The molecular formula is C36H48N6O5. The van der Waals surface area contributed by atoms with Crippen LogP contribution in [0.3, 0.4) is 0 Å². The topological polar surface area (TPSA) is 140 Å². The van der Waals surface area contributed by atoms with E-state index in [1.807, 2.05) is 58.2 Å². The van der Waals surface area contributed by atoms with Crippen LogP contribution in [0.1, 0.15) is 85.1 Å². The van der Waals surface area contributed by atoms with Crippen molar-refractivity contribution in [1.82, 2.24) is 20.6 Å². The lowest BCUT2D eigenvalue weighted by molar-refractivity contribution is 0.0846. The van der Waals surface area contributed by atoms with Crippen LogP contribution >= 0.6 is 0 Å². The van der Waals surface area contributed by atoms with E-state index in [1.54, 1.807) is 0 Å². The summed E-state index contributed by atoms with van der Waals surface area (Å²) in [5.41, 5.74) is 6.39. The minimum Gasteiger partial charge on any atom is -0.465 e. The summed E-state index contributed by atoms with van der Waals surface area (Å²) in [7, 11) is 0. The van der Waals surface area contributed by atoms with Crippen LogP contribution in [0.2, 0.25) is 0 Å². The number of carbonyl (C=O) groups excluding carboxylic acids is 1. The number of hydrogen-bond acceptors (Lipinski definition) is 7. The molecule has 4 heterocycles. The number of aromatic amines is 1. The Balaban J connectivity index is 1.45. The van der Waals surface area contributed by atoms with Crippen LogP contribution < -0.4 is 26.0 Å². The van der Waals surface area contributed by atoms with Gasteiger partial charge in [0.05, 0.1) is 0 Å². The molecule has 2 aromatic heterocycles. The zero-order chi connectivity index (χ0) is 33.7. The number of rotatable bonds is 10. The largest absolute Gasteiger partial charge is 0.465 e. The zero-order valence-corrected chi connectivity index (χ0v) is 28.2. The molecule has 1 aromatic carbocycles. The number of nitrogens with one attached hydrogen (secondary N) is 3. The number of ether oxygens (including phenoxy) is 1. The van der Waals surface area contributed by atoms with Crippen molar-refractivity contribution in [3.8, 4) is 11.1 Å². The van der Waals surface area contributed by atoms with Crippen molar-refractivity contribution in [2.24, 2.45) is 0 Å². The first-order chi connectivity index (χ1) is 22.5. The van der Waals surface area contributed by atoms with E-state index in [2.05, 4.69) is 38.4 Å². The highest BCUT2D eigenvalue weighted by atomic mass is 16.5. The average molecular weight is 645 g/mol. The molecule has 3 aromatic rings. The molecule has 0 radical (unpaired) electrons. The summed E-state index contributed by atoms with van der Waals surface area (Å²) in [5, 5.41) is 14.7. The lowest BCUT2D eigenvalue weighted by Gasteiger charge is -2.37. The summed E-state index contributed by atoms with van der Waals surface area (Å²) >= 11 is 0. The number of pyridine rings is 2. The van der Waals surface area contributed by atoms with Crippen molar-refractivity contribution in [1.29, 1.82) is 0 Å². The van der Waals surface area contributed by atoms with E-state index in [0.717, 1.165) is 84.8 Å². The molecule has 2 aliphatic heterocycles. The number of nitrogens with zero attached hydrogens (tertiary/aromatic N) is 3. The molecule has 11 heteroatoms. The van der Waals surface area contributed by atoms with Gasteiger partial charge in [-0.1, -0.05) is 13.8 Å². The summed E-state index contributed by atoms with van der Waals surface area (Å²) in [4.78, 5) is 50.1. The number of hydrogen-bond donors (Lipinski definition) is 4. The number of carbonyl (C=O) groups is 2. The second kappa shape index (κ2) is 15.0. The SMILES string of the molecule is CCN(c1cc(-c2ccc(N3CCC(NC(=O)O)CC3)nc2)cc(C(=O)NCc2c(C(C)C)cc(C)[nH]c2=O)c1C)C1CCOCC1. The van der Waals surface area contributed by atoms with E-state index in [0.29, 0.717) is 30.4 Å². The zero-order valence-electron chi connectivity index (χ0n) is 28.2. The minimum absolute atomic E-state index is 0.0443. The smallest absolute Gasteiger partial charge is 0.404 e. The lowest BCUT2D eigenvalue weighted by Crippen LogP contribution is -2.44. The van der Waals surface area contributed by atoms with Crippen LogP contribution in [0.15, 0.2) is 41.3 Å². The fraction of sp³-hybridized carbons (Fsp3) is 0.500. The first-order valence-electron chi connectivity index (χ1n) is 16.8. The molecule has 2 amide bonds. The number of H-pyrrole nitrogens is 1. The van der Waals surface area contributed by atoms with Crippen molar-refractivity contribution in [2.45, 2.75) is 84.8 Å². The molecule has 47 heavy (non-hydrogen) atoms. The molecule has 0 saturated carbocycles. The maximum Gasteiger partial charge on any atom is 0.404 e. The van der Waals surface area contributed by atoms with Crippen molar-refractivity contribution in [2.75, 3.05) is 42.6 Å². The van der Waals surface area contributed by atoms with Crippen molar-refractivity contribution < 1.29 is 19.4 Å². The van der Waals surface area contributed by atoms with Gasteiger partial charge >= 0.3 is 6.09 Å². The number of aryl methyl sites for hydroxylation is 1. The van der Waals surface area contributed by atoms with Crippen LogP contribution in [-0.4, -0.2) is 72.0 Å². The normalized spacial score (nSPS) is 15.9. The van der Waals surface area contributed by atoms with Gasteiger partial charge in [0.1, 0.15) is 5.82 Å². The van der Waals surface area contributed by atoms with Crippen LogP contribution in [0.4, 0.5) is 16.3 Å². The average Bonchev–Trinajstić information content (AvgIpc) is 3.05. The second-order valence-corrected chi connectivity index (χ2v) is 13.0. The van der Waals surface area contributed by atoms with E-state index >= 15 is 0 Å². The highest BCUT2D eigenvalue weighted by Gasteiger charge is 2.26. The Hall–Kier alpha value is -4.38. The molecule has 4 N–H and O–H groups in total. The maximum absolute atomic E-state index is 13.9. The van der Waals surface area contributed by atoms with Gasteiger partial charge in [0.2, 0.25) is 0 Å². The summed E-state index contributed by atoms with van der Waals surface area (Å²) < 4.78 is 5.66. The van der Waals surface area contributed by atoms with Gasteiger partial charge in [-0.15, -0.1) is 0 Å². The Bertz CT molecular complexity index is 1620. The number of anilines is 2. The van der Waals surface area contributed by atoms with Crippen molar-refractivity contribution in [3.63, 3.8) is 0 Å². The third-order valence-electron chi connectivity index (χ3n) is 9.49. The highest BCUT2D eigenvalue weighted by Crippen LogP contribution is 2.34. The van der Waals surface area contributed by atoms with E-state index in [4.69, 9.17) is 14.8 Å². The molecular weight excluding hydrogens is 596 g/mol. The third kappa shape index (κ3) is 7.96. The van der Waals surface area contributed by atoms with Crippen molar-refractivity contribution >= 4 is 23.5 Å². The van der Waals surface area contributed by atoms with Crippen LogP contribution in [0, 0.1) is 13.8 Å². The fourth-order valence-electron chi connectivity index (χ4n) is 6.90. The highest BCUT2D eigenvalue weighted by molar-refractivity contribution is 5.99. The Morgan fingerprint density at radius 3 is 2.43 bits per heavy atom. The maximum atomic E-state index is 13.9. The van der Waals surface area contributed by atoms with E-state index in [1.165, 1.54) is 0 Å². The van der Waals surface area contributed by atoms with Crippen molar-refractivity contribution in [3.05, 3.63) is 74.8 Å². The van der Waals surface area contributed by atoms with Gasteiger partial charge in [0.15, 0.2) is 0 Å². The fourth-order valence-corrected chi connectivity index (χ4v) is 6.90. The number of carboxylic acid groups (broad SMARTS) is 1. The number of benzene rings is 1. The Labute approximate surface area is 276 Å². The molecule has 5 rings (SSSR count). The monoisotopic (exact) mass is 644 g/mol. The first kappa shape index (κ1) is 34.0. The lowest BCUT2D eigenvalue weighted by atomic mass is 9.95. The first-order valence-corrected chi connectivity index (χ1v) is 16.8. The molecule has 2 aliphatic rings. The Morgan fingerprint density at radius 1 is 1.09 bits per heavy atom. The van der Waals surface area contributed by atoms with Gasteiger partial charge in [0.25, 0.3) is 11.5 Å². The minimum atomic E-state index is -0.987. The molecule has 0 unspecified atom stereocenters. The van der Waals surface area contributed by atoms with E-state index < -0.39 is 6.09 Å². The van der Waals surface area contributed by atoms with Gasteiger partial charge in [0, 0.05) is 85.7 Å². The molecule has 252 valence electrons. The van der Waals surface area contributed by atoms with Gasteiger partial charge < -0.3 is 35.3 Å². The Morgan fingerprint density at radius 2 is 1.81 bits per heavy atom. The standard InChI is InChI=1S/C36H48N6O5/c1-6-42(28-11-15-47-16-12-28)32-19-26(25-7-8-33(37-20-25)41-13-9-27(10-14-41)40-36(45)46)18-30(24(32)5)34(43)38-21-31-29(22(2)3)17-23(4)39-35(31)44/h7-8,17-20,22,27-28,40H,6,9-16,21H2,1-5H3,(H,38,43)(H,39,44)(H,45,46). The molecule has 2 saturated heterocycles. The van der Waals surface area contributed by atoms with Crippen LogP contribution in [-0.2, 0) is 11.3 Å². The predicted molar refractivity (Wildman–Crippen MR) is 185 cm³/mol. The summed E-state index contributed by atoms with van der Waals surface area (Å²) in [6.07, 6.45) is 4.14. The number of aromatic nitrogens is 2. The Kier molecular flexibility index (Phi) is 10.9. The van der Waals surface area contributed by atoms with Crippen LogP contribution in [0.25, 0.3) is 11.1 Å². The molecule has 2 fully saturated rings. The van der Waals surface area contributed by atoms with Gasteiger partial charge in [-0.25, -0.2) is 9.78 Å². The second-order valence-electron chi connectivity index (χ2n) is 13.0. The van der Waals surface area contributed by atoms with Gasteiger partial charge in [-0.3, -0.25) is 9.59 Å². The van der Waals surface area contributed by atoms with E-state index in [9.17, 15) is 14.4 Å². The van der Waals surface area contributed by atoms with Gasteiger partial charge in [-0.2, -0.15) is 0 Å². The van der Waals surface area contributed by atoms with Crippen LogP contribution in [0.5, 0.6) is 0 Å². The summed E-state index contributed by atoms with van der Waals surface area (Å²) in [6.45, 7) is 13.9. The predicted octanol–water partition coefficient (Wildman–Crippen LogP) is 5.35. The number of piperidine rings is 1. The summed E-state index contributed by atoms with van der Waals surface area (Å²) in [5.74, 6) is 0.751. The molecule has 0 aliphatic carbocycles. The molecule has 11 nitrogen and oxygen atoms in total. The molecule has 0 spiro atoms. The molecule has 0 bridgehead atoms.